The Labute approximate surface area is 446 Å². The second-order valence-corrected chi connectivity index (χ2v) is 20.1. The average molecular weight is 1060 g/mol. The highest BCUT2D eigenvalue weighted by molar-refractivity contribution is 9.10. The van der Waals surface area contributed by atoms with Gasteiger partial charge in [-0.15, -0.1) is 0 Å². The second-order valence-electron chi connectivity index (χ2n) is 18.3. The summed E-state index contributed by atoms with van der Waals surface area (Å²) in [5.74, 6) is 3.49. The van der Waals surface area contributed by atoms with E-state index < -0.39 is 17.9 Å². The van der Waals surface area contributed by atoms with E-state index in [-0.39, 0.29) is 0 Å². The minimum atomic E-state index is -1.46. The van der Waals surface area contributed by atoms with Gasteiger partial charge in [0, 0.05) is 36.8 Å². The number of fused-ring (bicyclic) bond motifs is 18. The van der Waals surface area contributed by atoms with E-state index in [1.165, 1.54) is 68.8 Å². The molecule has 0 fully saturated rings. The van der Waals surface area contributed by atoms with Gasteiger partial charge in [-0.2, -0.15) is 10.5 Å². The first-order chi connectivity index (χ1) is 36.1. The van der Waals surface area contributed by atoms with E-state index in [1.807, 2.05) is 91.0 Å². The van der Waals surface area contributed by atoms with E-state index in [4.69, 9.17) is 48.0 Å². The van der Waals surface area contributed by atoms with Crippen molar-refractivity contribution in [3.63, 3.8) is 0 Å². The zero-order chi connectivity index (χ0) is 50.7. The lowest BCUT2D eigenvalue weighted by atomic mass is 9.66. The van der Waals surface area contributed by atoms with Crippen molar-refractivity contribution < 1.29 is 19.5 Å². The fraction of sp³-hybridized carbons (Fsp3) is 0.0312. The minimum Gasteiger partial charge on any atom is -0.457 e. The Hall–Kier alpha value is -8.18. The van der Waals surface area contributed by atoms with Gasteiger partial charge in [0.2, 0.25) is 0 Å². The number of halogens is 3. The monoisotopic (exact) mass is 1060 g/mol. The molecule has 2 spiro atoms. The van der Waals surface area contributed by atoms with Gasteiger partial charge >= 0.3 is 7.12 Å². The van der Waals surface area contributed by atoms with E-state index in [9.17, 15) is 5.26 Å². The van der Waals surface area contributed by atoms with Crippen LogP contribution in [0.1, 0.15) is 55.6 Å². The van der Waals surface area contributed by atoms with Crippen LogP contribution in [-0.2, 0) is 10.8 Å². The molecule has 0 aromatic heterocycles. The highest BCUT2D eigenvalue weighted by Gasteiger charge is 2.52. The molecule has 10 heteroatoms. The molecule has 0 unspecified atom stereocenters. The molecule has 2 N–H and O–H groups in total. The maximum absolute atomic E-state index is 9.23. The Balaban J connectivity index is 0.000000127. The normalized spacial score (nSPS) is 13.3. The zero-order valence-corrected chi connectivity index (χ0v) is 42.2. The van der Waals surface area contributed by atoms with E-state index in [0.29, 0.717) is 21.6 Å². The molecule has 0 bridgehead atoms. The molecule has 2 aliphatic carbocycles. The zero-order valence-electron chi connectivity index (χ0n) is 39.1. The van der Waals surface area contributed by atoms with Crippen LogP contribution in [0.25, 0.3) is 33.4 Å². The Morgan fingerprint density at radius 1 is 0.392 bits per heavy atom. The molecule has 74 heavy (non-hydrogen) atoms. The molecule has 10 aromatic rings. The number of benzene rings is 10. The predicted octanol–water partition coefficient (Wildman–Crippen LogP) is 15.2. The summed E-state index contributed by atoms with van der Waals surface area (Å²) in [5.41, 5.74) is 16.9. The van der Waals surface area contributed by atoms with Crippen LogP contribution in [0.3, 0.4) is 0 Å². The van der Waals surface area contributed by atoms with Gasteiger partial charge in [0.05, 0.1) is 34.1 Å². The topological polar surface area (TPSA) is 106 Å². The van der Waals surface area contributed by atoms with Gasteiger partial charge < -0.3 is 19.5 Å². The SMILES string of the molecule is Clc1ccc2c(c1)C1(c3ccccc3Oc3ccccc31)c1cc(Br)ccc1-2.N#Cc1ccc(-c2ccc3c(c2)C2(c4ccccc4Oc4ccccc42)c2cc(Cl)ccc2-3)cc1.N#Cc1ccc(B(O)O)cc1. The average Bonchev–Trinajstić information content (AvgIpc) is 3.87. The number of ether oxygens (including phenoxy) is 2. The molecule has 352 valence electrons. The van der Waals surface area contributed by atoms with Gasteiger partial charge in [-0.25, -0.2) is 0 Å². The molecule has 6 nitrogen and oxygen atoms in total. The molecule has 0 radical (unpaired) electrons. The van der Waals surface area contributed by atoms with E-state index in [0.717, 1.165) is 65.9 Å². The third-order valence-corrected chi connectivity index (χ3v) is 15.4. The molecule has 0 atom stereocenters. The number of nitrogens with zero attached hydrogens (tertiary/aromatic N) is 2. The van der Waals surface area contributed by atoms with Gasteiger partial charge in [0.15, 0.2) is 0 Å². The Morgan fingerprint density at radius 2 is 0.743 bits per heavy atom. The van der Waals surface area contributed by atoms with Crippen LogP contribution >= 0.6 is 39.1 Å². The summed E-state index contributed by atoms with van der Waals surface area (Å²) in [5, 5.41) is 36.4. The molecule has 0 saturated heterocycles. The van der Waals surface area contributed by atoms with Crippen LogP contribution in [0, 0.1) is 22.7 Å². The number of rotatable bonds is 2. The maximum Gasteiger partial charge on any atom is 0.488 e. The Morgan fingerprint density at radius 3 is 1.16 bits per heavy atom. The van der Waals surface area contributed by atoms with Gasteiger partial charge in [-0.3, -0.25) is 0 Å². The van der Waals surface area contributed by atoms with Crippen LogP contribution < -0.4 is 14.9 Å². The van der Waals surface area contributed by atoms with Crippen molar-refractivity contribution in [3.05, 3.63) is 289 Å². The quantitative estimate of drug-likeness (QED) is 0.167. The summed E-state index contributed by atoms with van der Waals surface area (Å²) in [6, 6.07) is 76.9. The second kappa shape index (κ2) is 18.7. The third kappa shape index (κ3) is 7.45. The van der Waals surface area contributed by atoms with Gasteiger partial charge in [-0.05, 0) is 152 Å². The van der Waals surface area contributed by atoms with Crippen LogP contribution in [0.4, 0.5) is 0 Å². The molecular formula is C64H38BBrCl2N2O4. The number of para-hydroxylation sites is 4. The molecule has 14 rings (SSSR count). The largest absolute Gasteiger partial charge is 0.488 e. The van der Waals surface area contributed by atoms with Crippen LogP contribution in [0.5, 0.6) is 23.0 Å². The van der Waals surface area contributed by atoms with Crippen molar-refractivity contribution in [1.29, 1.82) is 10.5 Å². The van der Waals surface area contributed by atoms with Crippen molar-refractivity contribution in [2.75, 3.05) is 0 Å². The van der Waals surface area contributed by atoms with Crippen molar-refractivity contribution >= 4 is 51.7 Å². The van der Waals surface area contributed by atoms with Crippen LogP contribution in [0.2, 0.25) is 10.0 Å². The fourth-order valence-electron chi connectivity index (χ4n) is 11.4. The third-order valence-electron chi connectivity index (χ3n) is 14.5. The Kier molecular flexibility index (Phi) is 11.8. The van der Waals surface area contributed by atoms with E-state index in [2.05, 4.69) is 131 Å². The summed E-state index contributed by atoms with van der Waals surface area (Å²) < 4.78 is 13.8. The Bertz CT molecular complexity index is 3830. The van der Waals surface area contributed by atoms with E-state index >= 15 is 0 Å². The lowest BCUT2D eigenvalue weighted by molar-refractivity contribution is 0.425. The molecular weight excluding hydrogens is 1020 g/mol. The van der Waals surface area contributed by atoms with Crippen molar-refractivity contribution in [3.8, 4) is 68.5 Å². The summed E-state index contributed by atoms with van der Waals surface area (Å²) in [4.78, 5) is 0. The van der Waals surface area contributed by atoms with Crippen LogP contribution in [-0.4, -0.2) is 17.2 Å². The van der Waals surface area contributed by atoms with E-state index in [1.54, 1.807) is 0 Å². The lowest BCUT2D eigenvalue weighted by Gasteiger charge is -2.39. The molecule has 2 aliphatic heterocycles. The summed E-state index contributed by atoms with van der Waals surface area (Å²) in [6.07, 6.45) is 0. The van der Waals surface area contributed by atoms with Gasteiger partial charge in [0.1, 0.15) is 23.0 Å². The number of nitriles is 2. The van der Waals surface area contributed by atoms with Crippen molar-refractivity contribution in [1.82, 2.24) is 0 Å². The summed E-state index contributed by atoms with van der Waals surface area (Å²) in [7, 11) is -1.46. The van der Waals surface area contributed by atoms with Crippen LogP contribution in [0.15, 0.2) is 223 Å². The van der Waals surface area contributed by atoms with Gasteiger partial charge in [-0.1, -0.05) is 167 Å². The van der Waals surface area contributed by atoms with Crippen molar-refractivity contribution in [2.24, 2.45) is 0 Å². The predicted molar refractivity (Wildman–Crippen MR) is 296 cm³/mol. The minimum absolute atomic E-state index is 0.393. The van der Waals surface area contributed by atoms with Crippen molar-refractivity contribution in [2.45, 2.75) is 10.8 Å². The number of hydrogen-bond donors (Lipinski definition) is 2. The lowest BCUT2D eigenvalue weighted by Crippen LogP contribution is -2.32. The molecule has 0 amide bonds. The maximum atomic E-state index is 9.23. The smallest absolute Gasteiger partial charge is 0.457 e. The standard InChI is InChI=1S/C32H18ClNO.C25H14BrClO.C7H6BNO2/c33-23-14-16-25-24-15-13-22(21-11-9-20(19-34)10-12-21)17-28(24)32(29(25)18-23)26-5-1-3-7-30(26)35-31-8-4-2-6-27(31)32;26-15-9-11-17-18-12-10-16(27)14-22(18)25(21(17)13-15)19-5-1-3-7-23(19)28-24-8-4-2-6-20(24)25;9-5-6-1-3-7(4-2-6)8(10)11/h1-18H;1-14H;1-4,10-11H. The first-order valence-electron chi connectivity index (χ1n) is 23.8. The molecule has 4 aliphatic rings. The first-order valence-corrected chi connectivity index (χ1v) is 25.3. The number of hydrogen-bond acceptors (Lipinski definition) is 6. The molecule has 2 heterocycles. The summed E-state index contributed by atoms with van der Waals surface area (Å²) >= 11 is 16.8. The highest BCUT2D eigenvalue weighted by atomic mass is 79.9. The highest BCUT2D eigenvalue weighted by Crippen LogP contribution is 2.64. The first kappa shape index (κ1) is 46.9. The van der Waals surface area contributed by atoms with Gasteiger partial charge in [0.25, 0.3) is 0 Å². The molecule has 0 saturated carbocycles. The summed E-state index contributed by atoms with van der Waals surface area (Å²) in [6.45, 7) is 0. The molecule has 10 aromatic carbocycles. The fourth-order valence-corrected chi connectivity index (χ4v) is 12.1.